The minimum Gasteiger partial charge on any atom is -0.493 e. The van der Waals surface area contributed by atoms with Gasteiger partial charge >= 0.3 is 0 Å². The zero-order valence-corrected chi connectivity index (χ0v) is 21.4. The van der Waals surface area contributed by atoms with Crippen LogP contribution < -0.4 is 25.8 Å². The Bertz CT molecular complexity index is 882. The molecule has 2 rings (SSSR count). The van der Waals surface area contributed by atoms with Crippen LogP contribution in [0.2, 0.25) is 0 Å². The van der Waals surface area contributed by atoms with Crippen LogP contribution in [0.1, 0.15) is 63.8 Å². The summed E-state index contributed by atoms with van der Waals surface area (Å²) >= 11 is 5.52. The van der Waals surface area contributed by atoms with Gasteiger partial charge in [0.05, 0.1) is 7.11 Å². The molecule has 0 aliphatic heterocycles. The quantitative estimate of drug-likeness (QED) is 0.495. The molecule has 6 heteroatoms. The van der Waals surface area contributed by atoms with Gasteiger partial charge in [0.2, 0.25) is 0 Å². The molecule has 5 nitrogen and oxygen atoms in total. The Kier molecular flexibility index (Phi) is 8.93. The fourth-order valence-corrected chi connectivity index (χ4v) is 3.34. The first-order valence-corrected chi connectivity index (χ1v) is 11.5. The van der Waals surface area contributed by atoms with Crippen LogP contribution in [0.25, 0.3) is 0 Å². The molecule has 0 saturated carbocycles. The molecule has 4 N–H and O–H groups in total. The molecule has 2 aromatic carbocycles. The van der Waals surface area contributed by atoms with Gasteiger partial charge in [0, 0.05) is 19.6 Å². The zero-order chi connectivity index (χ0) is 23.9. The predicted octanol–water partition coefficient (Wildman–Crippen LogP) is 4.79. The topological polar surface area (TPSA) is 68.5 Å². The summed E-state index contributed by atoms with van der Waals surface area (Å²) in [6, 6.07) is 12.7. The molecule has 0 aliphatic carbocycles. The van der Waals surface area contributed by atoms with Gasteiger partial charge in [-0.15, -0.1) is 0 Å². The van der Waals surface area contributed by atoms with Crippen LogP contribution in [0.15, 0.2) is 36.4 Å². The summed E-state index contributed by atoms with van der Waals surface area (Å²) in [7, 11) is 1.63. The van der Waals surface area contributed by atoms with Crippen molar-refractivity contribution in [3.63, 3.8) is 0 Å². The number of nitrogens with one attached hydrogen (secondary N) is 2. The number of hydrogen-bond donors (Lipinski definition) is 3. The van der Waals surface area contributed by atoms with E-state index in [1.54, 1.807) is 7.11 Å². The van der Waals surface area contributed by atoms with E-state index in [1.807, 2.05) is 18.2 Å². The fraction of sp³-hybridized carbons (Fsp3) is 0.500. The fourth-order valence-electron chi connectivity index (χ4n) is 3.20. The summed E-state index contributed by atoms with van der Waals surface area (Å²) in [5.41, 5.74) is 10.7. The first-order chi connectivity index (χ1) is 14.9. The highest BCUT2D eigenvalue weighted by Gasteiger charge is 2.20. The van der Waals surface area contributed by atoms with E-state index in [2.05, 4.69) is 70.4 Å². The van der Waals surface area contributed by atoms with E-state index in [-0.39, 0.29) is 10.8 Å². The highest BCUT2D eigenvalue weighted by Crippen LogP contribution is 2.30. The molecule has 2 aromatic rings. The number of rotatable bonds is 8. The van der Waals surface area contributed by atoms with Crippen molar-refractivity contribution in [2.45, 2.75) is 65.5 Å². The molecule has 0 fully saturated rings. The van der Waals surface area contributed by atoms with Crippen LogP contribution >= 0.6 is 12.2 Å². The summed E-state index contributed by atoms with van der Waals surface area (Å²) in [6.07, 6.45) is 0. The van der Waals surface area contributed by atoms with Crippen LogP contribution in [0, 0.1) is 0 Å². The molecule has 0 heterocycles. The van der Waals surface area contributed by atoms with E-state index in [1.165, 1.54) is 16.7 Å². The number of hydrogen-bond acceptors (Lipinski definition) is 4. The number of benzene rings is 2. The first-order valence-electron chi connectivity index (χ1n) is 11.1. The first kappa shape index (κ1) is 25.9. The lowest BCUT2D eigenvalue weighted by molar-refractivity contribution is 0.302. The lowest BCUT2D eigenvalue weighted by Crippen LogP contribution is -2.34. The van der Waals surface area contributed by atoms with Crippen LogP contribution in [-0.2, 0) is 23.9 Å². The Morgan fingerprint density at radius 1 is 0.844 bits per heavy atom. The Labute approximate surface area is 199 Å². The van der Waals surface area contributed by atoms with Gasteiger partial charge in [0.15, 0.2) is 16.6 Å². The molecule has 0 aliphatic rings. The third kappa shape index (κ3) is 7.68. The van der Waals surface area contributed by atoms with Gasteiger partial charge < -0.3 is 25.8 Å². The number of nitrogens with two attached hydrogens (primary N) is 1. The maximum absolute atomic E-state index is 5.60. The molecular weight excluding hydrogens is 418 g/mol. The number of ether oxygens (including phenoxy) is 2. The molecule has 0 aromatic heterocycles. The van der Waals surface area contributed by atoms with E-state index < -0.39 is 0 Å². The molecule has 0 atom stereocenters. The lowest BCUT2D eigenvalue weighted by Gasteiger charge is -2.26. The minimum absolute atomic E-state index is 0.0911. The van der Waals surface area contributed by atoms with E-state index in [0.29, 0.717) is 42.9 Å². The molecular formula is C26H39N3O2S. The van der Waals surface area contributed by atoms with Crippen LogP contribution in [0.5, 0.6) is 11.5 Å². The van der Waals surface area contributed by atoms with E-state index in [4.69, 9.17) is 27.4 Å². The van der Waals surface area contributed by atoms with Crippen molar-refractivity contribution in [1.82, 2.24) is 10.6 Å². The van der Waals surface area contributed by atoms with Gasteiger partial charge in [-0.3, -0.25) is 0 Å². The van der Waals surface area contributed by atoms with Crippen LogP contribution in [0.3, 0.4) is 0 Å². The highest BCUT2D eigenvalue weighted by molar-refractivity contribution is 7.80. The van der Waals surface area contributed by atoms with Crippen molar-refractivity contribution in [2.24, 2.45) is 5.73 Å². The van der Waals surface area contributed by atoms with Crippen molar-refractivity contribution in [3.05, 3.63) is 58.7 Å². The summed E-state index contributed by atoms with van der Waals surface area (Å²) in [4.78, 5) is 0. The van der Waals surface area contributed by atoms with Crippen LogP contribution in [-0.4, -0.2) is 25.4 Å². The van der Waals surface area contributed by atoms with Gasteiger partial charge in [0.1, 0.15) is 6.61 Å². The second kappa shape index (κ2) is 11.0. The normalized spacial score (nSPS) is 11.8. The molecule has 0 bridgehead atoms. The minimum atomic E-state index is 0.0911. The smallest absolute Gasteiger partial charge is 0.166 e. The molecule has 176 valence electrons. The maximum Gasteiger partial charge on any atom is 0.166 e. The van der Waals surface area contributed by atoms with Gasteiger partial charge in [-0.05, 0) is 57.4 Å². The van der Waals surface area contributed by atoms with Gasteiger partial charge in [-0.2, -0.15) is 0 Å². The van der Waals surface area contributed by atoms with Crippen molar-refractivity contribution in [3.8, 4) is 11.5 Å². The molecule has 0 spiro atoms. The van der Waals surface area contributed by atoms with Crippen molar-refractivity contribution >= 4 is 17.3 Å². The van der Waals surface area contributed by atoms with Gasteiger partial charge in [-0.1, -0.05) is 65.8 Å². The third-order valence-corrected chi connectivity index (χ3v) is 5.52. The number of methoxy groups -OCH3 is 1. The standard InChI is InChI=1S/C26H39N3O2S/c1-25(2,3)20-12-19(13-21(15-20)26(4,5)6)17-29-24(32)28-16-18-8-9-22(31-11-10-27)23(14-18)30-7/h8-9,12-15H,10-11,16-17,27H2,1-7H3,(H2,28,29,32). The van der Waals surface area contributed by atoms with Crippen molar-refractivity contribution in [1.29, 1.82) is 0 Å². The largest absolute Gasteiger partial charge is 0.493 e. The Morgan fingerprint density at radius 3 is 1.91 bits per heavy atom. The van der Waals surface area contributed by atoms with E-state index in [0.717, 1.165) is 5.56 Å². The van der Waals surface area contributed by atoms with Gasteiger partial charge in [-0.25, -0.2) is 0 Å². The van der Waals surface area contributed by atoms with Gasteiger partial charge in [0.25, 0.3) is 0 Å². The Balaban J connectivity index is 2.01. The predicted molar refractivity (Wildman–Crippen MR) is 138 cm³/mol. The van der Waals surface area contributed by atoms with Crippen LogP contribution in [0.4, 0.5) is 0 Å². The SMILES string of the molecule is COc1cc(CNC(=S)NCc2cc(C(C)(C)C)cc(C(C)(C)C)c2)ccc1OCCN. The lowest BCUT2D eigenvalue weighted by atomic mass is 9.79. The molecule has 32 heavy (non-hydrogen) atoms. The highest BCUT2D eigenvalue weighted by atomic mass is 32.1. The summed E-state index contributed by atoms with van der Waals surface area (Å²) in [5, 5.41) is 7.24. The average molecular weight is 458 g/mol. The average Bonchev–Trinajstić information content (AvgIpc) is 2.73. The van der Waals surface area contributed by atoms with E-state index >= 15 is 0 Å². The summed E-state index contributed by atoms with van der Waals surface area (Å²) < 4.78 is 11.0. The third-order valence-electron chi connectivity index (χ3n) is 5.23. The Hall–Kier alpha value is -2.31. The molecule has 0 saturated heterocycles. The zero-order valence-electron chi connectivity index (χ0n) is 20.6. The Morgan fingerprint density at radius 2 is 1.41 bits per heavy atom. The molecule has 0 unspecified atom stereocenters. The molecule has 0 radical (unpaired) electrons. The second-order valence-electron chi connectivity index (χ2n) is 10.1. The molecule has 0 amide bonds. The number of thiocarbonyl (C=S) groups is 1. The van der Waals surface area contributed by atoms with Crippen molar-refractivity contribution < 1.29 is 9.47 Å². The maximum atomic E-state index is 5.60. The summed E-state index contributed by atoms with van der Waals surface area (Å²) in [5.74, 6) is 1.38. The second-order valence-corrected chi connectivity index (χ2v) is 10.5. The summed E-state index contributed by atoms with van der Waals surface area (Å²) in [6.45, 7) is 15.7. The van der Waals surface area contributed by atoms with Crippen molar-refractivity contribution in [2.75, 3.05) is 20.3 Å². The van der Waals surface area contributed by atoms with E-state index in [9.17, 15) is 0 Å². The monoisotopic (exact) mass is 457 g/mol.